The Morgan fingerprint density at radius 2 is 1.86 bits per heavy atom. The predicted molar refractivity (Wildman–Crippen MR) is 118 cm³/mol. The SMILES string of the molecule is CC(C)CCC[C@@H](C)[C@H]1CC[C@H]2C(C#CCCN3C(=O)C=CC3=O)=CCC[C@]12C. The fourth-order valence-electron chi connectivity index (χ4n) is 5.92. The molecule has 3 heteroatoms. The maximum atomic E-state index is 11.6. The molecule has 3 nitrogen and oxygen atoms in total. The van der Waals surface area contributed by atoms with Gasteiger partial charge in [0.15, 0.2) is 0 Å². The zero-order valence-electron chi connectivity index (χ0n) is 18.7. The predicted octanol–water partition coefficient (Wildman–Crippen LogP) is 5.52. The van der Waals surface area contributed by atoms with Gasteiger partial charge in [0.05, 0.1) is 0 Å². The third-order valence-corrected chi connectivity index (χ3v) is 7.55. The van der Waals surface area contributed by atoms with Crippen molar-refractivity contribution in [3.8, 4) is 11.8 Å². The van der Waals surface area contributed by atoms with Gasteiger partial charge in [-0.3, -0.25) is 14.5 Å². The molecule has 0 N–H and O–H groups in total. The lowest BCUT2D eigenvalue weighted by Gasteiger charge is -2.42. The van der Waals surface area contributed by atoms with Crippen molar-refractivity contribution in [2.24, 2.45) is 29.1 Å². The van der Waals surface area contributed by atoms with E-state index < -0.39 is 0 Å². The first-order valence-corrected chi connectivity index (χ1v) is 11.6. The van der Waals surface area contributed by atoms with Crippen LogP contribution in [0, 0.1) is 40.9 Å². The van der Waals surface area contributed by atoms with Crippen LogP contribution in [0.2, 0.25) is 0 Å². The molecular weight excluding hydrogens is 358 g/mol. The Morgan fingerprint density at radius 1 is 1.14 bits per heavy atom. The van der Waals surface area contributed by atoms with Gasteiger partial charge in [0, 0.05) is 30.7 Å². The van der Waals surface area contributed by atoms with Gasteiger partial charge in [-0.1, -0.05) is 64.9 Å². The Hall–Kier alpha value is -1.82. The van der Waals surface area contributed by atoms with E-state index in [2.05, 4.69) is 45.6 Å². The number of hydrogen-bond acceptors (Lipinski definition) is 2. The van der Waals surface area contributed by atoms with Gasteiger partial charge >= 0.3 is 0 Å². The fourth-order valence-corrected chi connectivity index (χ4v) is 5.92. The number of carbonyl (C=O) groups excluding carboxylic acids is 2. The second-order valence-corrected chi connectivity index (χ2v) is 9.96. The molecule has 29 heavy (non-hydrogen) atoms. The van der Waals surface area contributed by atoms with Crippen LogP contribution in [0.1, 0.15) is 79.1 Å². The van der Waals surface area contributed by atoms with Crippen molar-refractivity contribution in [2.75, 3.05) is 6.54 Å². The summed E-state index contributed by atoms with van der Waals surface area (Å²) in [7, 11) is 0. The van der Waals surface area contributed by atoms with E-state index in [4.69, 9.17) is 0 Å². The highest BCUT2D eigenvalue weighted by atomic mass is 16.2. The summed E-state index contributed by atoms with van der Waals surface area (Å²) in [5.41, 5.74) is 1.69. The Kier molecular flexibility index (Phi) is 7.04. The van der Waals surface area contributed by atoms with Crippen LogP contribution in [-0.4, -0.2) is 23.3 Å². The van der Waals surface area contributed by atoms with Crippen molar-refractivity contribution in [1.82, 2.24) is 4.90 Å². The number of carbonyl (C=O) groups is 2. The molecule has 0 aromatic heterocycles. The standard InChI is InChI=1S/C26H37NO2/c1-19(2)9-7-10-20(3)22-13-14-23-21(12-8-17-26(22,23)4)11-5-6-18-27-24(28)15-16-25(27)29/h12,15-16,19-20,22-23H,6-10,13-14,17-18H2,1-4H3/t20-,22-,23+,26-/m1/s1. The average molecular weight is 396 g/mol. The molecular formula is C26H37NO2. The summed E-state index contributed by atoms with van der Waals surface area (Å²) in [6.07, 6.45) is 14.6. The number of fused-ring (bicyclic) bond motifs is 1. The van der Waals surface area contributed by atoms with Gasteiger partial charge in [-0.05, 0) is 54.8 Å². The highest BCUT2D eigenvalue weighted by molar-refractivity contribution is 6.12. The number of imide groups is 1. The van der Waals surface area contributed by atoms with Crippen LogP contribution in [0.25, 0.3) is 0 Å². The minimum absolute atomic E-state index is 0.216. The third-order valence-electron chi connectivity index (χ3n) is 7.55. The lowest BCUT2D eigenvalue weighted by atomic mass is 9.62. The van der Waals surface area contributed by atoms with Crippen LogP contribution >= 0.6 is 0 Å². The summed E-state index contributed by atoms with van der Waals surface area (Å²) in [5.74, 6) is 9.22. The molecule has 3 rings (SSSR count). The van der Waals surface area contributed by atoms with Gasteiger partial charge in [0.25, 0.3) is 11.8 Å². The molecule has 0 unspecified atom stereocenters. The van der Waals surface area contributed by atoms with Gasteiger partial charge in [0.1, 0.15) is 0 Å². The van der Waals surface area contributed by atoms with Crippen molar-refractivity contribution in [1.29, 1.82) is 0 Å². The molecule has 1 saturated carbocycles. The molecule has 1 fully saturated rings. The molecule has 2 aliphatic carbocycles. The molecule has 4 atom stereocenters. The molecule has 1 heterocycles. The Morgan fingerprint density at radius 3 is 2.55 bits per heavy atom. The van der Waals surface area contributed by atoms with Gasteiger partial charge in [0.2, 0.25) is 0 Å². The van der Waals surface area contributed by atoms with Crippen LogP contribution in [0.5, 0.6) is 0 Å². The maximum absolute atomic E-state index is 11.6. The molecule has 0 spiro atoms. The summed E-state index contributed by atoms with van der Waals surface area (Å²) in [6, 6.07) is 0. The van der Waals surface area contributed by atoms with Crippen molar-refractivity contribution in [3.05, 3.63) is 23.8 Å². The monoisotopic (exact) mass is 395 g/mol. The normalized spacial score (nSPS) is 29.7. The van der Waals surface area contributed by atoms with Crippen molar-refractivity contribution < 1.29 is 9.59 Å². The van der Waals surface area contributed by atoms with Crippen molar-refractivity contribution in [2.45, 2.75) is 79.1 Å². The van der Waals surface area contributed by atoms with E-state index >= 15 is 0 Å². The zero-order chi connectivity index (χ0) is 21.0. The van der Waals surface area contributed by atoms with Crippen molar-refractivity contribution >= 4 is 11.8 Å². The number of amides is 2. The number of allylic oxidation sites excluding steroid dienone is 2. The second-order valence-electron chi connectivity index (χ2n) is 9.96. The lowest BCUT2D eigenvalue weighted by molar-refractivity contribution is -0.136. The average Bonchev–Trinajstić information content (AvgIpc) is 3.18. The van der Waals surface area contributed by atoms with Crippen LogP contribution in [-0.2, 0) is 9.59 Å². The first kappa shape index (κ1) is 21.9. The smallest absolute Gasteiger partial charge is 0.253 e. The van der Waals surface area contributed by atoms with E-state index in [1.54, 1.807) is 0 Å². The van der Waals surface area contributed by atoms with E-state index in [1.165, 1.54) is 61.1 Å². The molecule has 1 aliphatic heterocycles. The Balaban J connectivity index is 1.57. The van der Waals surface area contributed by atoms with Gasteiger partial charge in [-0.15, -0.1) is 0 Å². The van der Waals surface area contributed by atoms with Crippen LogP contribution < -0.4 is 0 Å². The van der Waals surface area contributed by atoms with E-state index in [0.29, 0.717) is 24.3 Å². The van der Waals surface area contributed by atoms with E-state index in [1.807, 2.05) is 0 Å². The molecule has 0 radical (unpaired) electrons. The molecule has 158 valence electrons. The van der Waals surface area contributed by atoms with Crippen LogP contribution in [0.15, 0.2) is 23.8 Å². The first-order valence-electron chi connectivity index (χ1n) is 11.6. The summed E-state index contributed by atoms with van der Waals surface area (Å²) in [6.45, 7) is 10.0. The summed E-state index contributed by atoms with van der Waals surface area (Å²) in [5, 5.41) is 0. The van der Waals surface area contributed by atoms with Crippen LogP contribution in [0.3, 0.4) is 0 Å². The Bertz CT molecular complexity index is 732. The van der Waals surface area contributed by atoms with Gasteiger partial charge in [-0.25, -0.2) is 0 Å². The van der Waals surface area contributed by atoms with E-state index in [0.717, 1.165) is 24.2 Å². The minimum Gasteiger partial charge on any atom is -0.274 e. The molecule has 0 aromatic carbocycles. The number of nitrogens with zero attached hydrogens (tertiary/aromatic N) is 1. The highest BCUT2D eigenvalue weighted by Gasteiger charge is 2.49. The van der Waals surface area contributed by atoms with Gasteiger partial charge < -0.3 is 0 Å². The topological polar surface area (TPSA) is 37.4 Å². The van der Waals surface area contributed by atoms with E-state index in [9.17, 15) is 9.59 Å². The zero-order valence-corrected chi connectivity index (χ0v) is 18.7. The summed E-state index contributed by atoms with van der Waals surface area (Å²) >= 11 is 0. The largest absolute Gasteiger partial charge is 0.274 e. The number of hydrogen-bond donors (Lipinski definition) is 0. The quantitative estimate of drug-likeness (QED) is 0.420. The second kappa shape index (κ2) is 9.33. The molecule has 0 saturated heterocycles. The molecule has 3 aliphatic rings. The minimum atomic E-state index is -0.216. The van der Waals surface area contributed by atoms with Crippen LogP contribution in [0.4, 0.5) is 0 Å². The third kappa shape index (κ3) is 4.85. The first-order chi connectivity index (χ1) is 13.8. The summed E-state index contributed by atoms with van der Waals surface area (Å²) < 4.78 is 0. The number of rotatable bonds is 7. The fraction of sp³-hybridized carbons (Fsp3) is 0.692. The van der Waals surface area contributed by atoms with Gasteiger partial charge in [-0.2, -0.15) is 0 Å². The maximum Gasteiger partial charge on any atom is 0.253 e. The molecule has 0 aromatic rings. The summed E-state index contributed by atoms with van der Waals surface area (Å²) in [4.78, 5) is 24.6. The lowest BCUT2D eigenvalue weighted by Crippen LogP contribution is -2.35. The van der Waals surface area contributed by atoms with Crippen molar-refractivity contribution in [3.63, 3.8) is 0 Å². The highest BCUT2D eigenvalue weighted by Crippen LogP contribution is 2.58. The molecule has 0 bridgehead atoms. The molecule has 2 amide bonds. The Labute approximate surface area is 177 Å². The van der Waals surface area contributed by atoms with E-state index in [-0.39, 0.29) is 11.8 Å².